The molecule has 112 valence electrons. The van der Waals surface area contributed by atoms with Crippen LogP contribution in [0.1, 0.15) is 27.7 Å². The molecule has 0 aliphatic carbocycles. The van der Waals surface area contributed by atoms with Gasteiger partial charge in [-0.15, -0.1) is 0 Å². The molecule has 0 saturated heterocycles. The van der Waals surface area contributed by atoms with Crippen molar-refractivity contribution >= 4 is 28.9 Å². The first-order valence-corrected chi connectivity index (χ1v) is 6.63. The first-order chi connectivity index (χ1) is 9.75. The van der Waals surface area contributed by atoms with Gasteiger partial charge in [-0.3, -0.25) is 19.7 Å². The second-order valence-corrected chi connectivity index (χ2v) is 5.19. The molecule has 1 aliphatic heterocycles. The van der Waals surface area contributed by atoms with Gasteiger partial charge in [0.25, 0.3) is 5.69 Å². The number of rotatable bonds is 1. The predicted octanol–water partition coefficient (Wildman–Crippen LogP) is 2.09. The van der Waals surface area contributed by atoms with E-state index in [9.17, 15) is 19.7 Å². The Balaban J connectivity index is 2.70. The van der Waals surface area contributed by atoms with Crippen molar-refractivity contribution in [2.24, 2.45) is 0 Å². The molecule has 7 heteroatoms. The fraction of sp³-hybridized carbons (Fsp3) is 0.429. The van der Waals surface area contributed by atoms with Gasteiger partial charge in [0.1, 0.15) is 0 Å². The monoisotopic (exact) mass is 291 g/mol. The molecule has 2 unspecified atom stereocenters. The number of nitrogens with zero attached hydrogens (tertiary/aromatic N) is 3. The van der Waals surface area contributed by atoms with Gasteiger partial charge in [0, 0.05) is 26.0 Å². The van der Waals surface area contributed by atoms with E-state index in [1.165, 1.54) is 36.9 Å². The highest BCUT2D eigenvalue weighted by Gasteiger charge is 2.38. The molecule has 0 fully saturated rings. The summed E-state index contributed by atoms with van der Waals surface area (Å²) in [7, 11) is 0. The Kier molecular flexibility index (Phi) is 3.67. The lowest BCUT2D eigenvalue weighted by atomic mass is 10.00. The molecule has 0 saturated carbocycles. The molecule has 0 radical (unpaired) electrons. The van der Waals surface area contributed by atoms with Crippen LogP contribution in [0.25, 0.3) is 0 Å². The Bertz CT molecular complexity index is 629. The Morgan fingerprint density at radius 2 is 1.52 bits per heavy atom. The molecular formula is C14H17N3O4. The number of benzene rings is 1. The maximum Gasteiger partial charge on any atom is 0.271 e. The largest absolute Gasteiger partial charge is 0.306 e. The Hall–Kier alpha value is -2.44. The van der Waals surface area contributed by atoms with Gasteiger partial charge in [-0.05, 0) is 19.9 Å². The summed E-state index contributed by atoms with van der Waals surface area (Å²) in [6.07, 6.45) is 0. The van der Waals surface area contributed by atoms with Gasteiger partial charge in [-0.1, -0.05) is 0 Å². The molecule has 0 N–H and O–H groups in total. The second-order valence-electron chi connectivity index (χ2n) is 5.19. The fourth-order valence-corrected chi connectivity index (χ4v) is 2.81. The van der Waals surface area contributed by atoms with Crippen LogP contribution in [0.2, 0.25) is 0 Å². The van der Waals surface area contributed by atoms with Crippen molar-refractivity contribution in [1.29, 1.82) is 0 Å². The molecule has 1 aromatic carbocycles. The van der Waals surface area contributed by atoms with E-state index in [1.54, 1.807) is 4.90 Å². The average Bonchev–Trinajstić information content (AvgIpc) is 2.38. The van der Waals surface area contributed by atoms with E-state index in [1.807, 2.05) is 13.8 Å². The predicted molar refractivity (Wildman–Crippen MR) is 78.3 cm³/mol. The third kappa shape index (κ3) is 2.35. The smallest absolute Gasteiger partial charge is 0.271 e. The van der Waals surface area contributed by atoms with Crippen LogP contribution in [0.4, 0.5) is 17.1 Å². The van der Waals surface area contributed by atoms with Gasteiger partial charge in [0.15, 0.2) is 0 Å². The zero-order chi connectivity index (χ0) is 15.9. The third-order valence-corrected chi connectivity index (χ3v) is 3.88. The molecule has 0 spiro atoms. The molecule has 7 nitrogen and oxygen atoms in total. The molecular weight excluding hydrogens is 274 g/mol. The molecule has 0 bridgehead atoms. The van der Waals surface area contributed by atoms with Gasteiger partial charge in [0.2, 0.25) is 11.8 Å². The number of fused-ring (bicyclic) bond motifs is 1. The van der Waals surface area contributed by atoms with Crippen molar-refractivity contribution in [1.82, 2.24) is 0 Å². The standard InChI is InChI=1S/C14H17N3O4/c1-8-9(2)16(11(4)19)14-7-12(17(20)21)5-6-13(14)15(8)10(3)18/h5-9H,1-4H3. The first kappa shape index (κ1) is 15.0. The summed E-state index contributed by atoms with van der Waals surface area (Å²) in [5, 5.41) is 10.9. The lowest BCUT2D eigenvalue weighted by Crippen LogP contribution is -2.56. The number of amides is 2. The summed E-state index contributed by atoms with van der Waals surface area (Å²) >= 11 is 0. The minimum atomic E-state index is -0.514. The highest BCUT2D eigenvalue weighted by Crippen LogP contribution is 2.40. The van der Waals surface area contributed by atoms with Gasteiger partial charge < -0.3 is 9.80 Å². The van der Waals surface area contributed by atoms with Crippen LogP contribution in [-0.2, 0) is 9.59 Å². The van der Waals surface area contributed by atoms with Crippen LogP contribution in [-0.4, -0.2) is 28.8 Å². The Morgan fingerprint density at radius 1 is 1.05 bits per heavy atom. The molecule has 2 atom stereocenters. The molecule has 1 aromatic rings. The summed E-state index contributed by atoms with van der Waals surface area (Å²) in [4.78, 5) is 37.3. The highest BCUT2D eigenvalue weighted by molar-refractivity contribution is 6.04. The first-order valence-electron chi connectivity index (χ1n) is 6.63. The van der Waals surface area contributed by atoms with Crippen molar-refractivity contribution in [3.05, 3.63) is 28.3 Å². The topological polar surface area (TPSA) is 83.8 Å². The van der Waals surface area contributed by atoms with E-state index < -0.39 is 4.92 Å². The molecule has 21 heavy (non-hydrogen) atoms. The van der Waals surface area contributed by atoms with E-state index >= 15 is 0 Å². The molecule has 1 aliphatic rings. The van der Waals surface area contributed by atoms with E-state index in [2.05, 4.69) is 0 Å². The number of anilines is 2. The van der Waals surface area contributed by atoms with Gasteiger partial charge >= 0.3 is 0 Å². The van der Waals surface area contributed by atoms with Gasteiger partial charge in [0.05, 0.1) is 28.4 Å². The number of carbonyl (C=O) groups is 2. The van der Waals surface area contributed by atoms with E-state index in [-0.39, 0.29) is 29.6 Å². The lowest BCUT2D eigenvalue weighted by Gasteiger charge is -2.45. The highest BCUT2D eigenvalue weighted by atomic mass is 16.6. The minimum absolute atomic E-state index is 0.106. The maximum atomic E-state index is 11.9. The number of hydrogen-bond acceptors (Lipinski definition) is 4. The third-order valence-electron chi connectivity index (χ3n) is 3.88. The number of hydrogen-bond donors (Lipinski definition) is 0. The van der Waals surface area contributed by atoms with Crippen LogP contribution < -0.4 is 9.80 Å². The number of nitro groups is 1. The Morgan fingerprint density at radius 3 is 1.95 bits per heavy atom. The zero-order valence-electron chi connectivity index (χ0n) is 12.4. The maximum absolute atomic E-state index is 11.9. The second kappa shape index (κ2) is 5.16. The molecule has 2 amide bonds. The summed E-state index contributed by atoms with van der Waals surface area (Å²) in [5.74, 6) is -0.369. The van der Waals surface area contributed by atoms with Gasteiger partial charge in [-0.25, -0.2) is 0 Å². The Labute approximate surface area is 122 Å². The van der Waals surface area contributed by atoms with Crippen LogP contribution in [0, 0.1) is 10.1 Å². The van der Waals surface area contributed by atoms with Crippen LogP contribution >= 0.6 is 0 Å². The van der Waals surface area contributed by atoms with E-state index in [4.69, 9.17) is 0 Å². The quantitative estimate of drug-likeness (QED) is 0.586. The van der Waals surface area contributed by atoms with Gasteiger partial charge in [-0.2, -0.15) is 0 Å². The zero-order valence-corrected chi connectivity index (χ0v) is 12.4. The number of nitro benzene ring substituents is 1. The molecule has 1 heterocycles. The van der Waals surface area contributed by atoms with Crippen LogP contribution in [0.3, 0.4) is 0 Å². The molecule has 2 rings (SSSR count). The summed E-state index contributed by atoms with van der Waals surface area (Å²) in [5.41, 5.74) is 0.816. The van der Waals surface area contributed by atoms with E-state index in [0.717, 1.165) is 0 Å². The van der Waals surface area contributed by atoms with E-state index in [0.29, 0.717) is 11.4 Å². The summed E-state index contributed by atoms with van der Waals surface area (Å²) in [6, 6.07) is 3.74. The normalized spacial score (nSPS) is 21.0. The summed E-state index contributed by atoms with van der Waals surface area (Å²) in [6.45, 7) is 6.53. The number of carbonyl (C=O) groups excluding carboxylic acids is 2. The van der Waals surface area contributed by atoms with Crippen molar-refractivity contribution in [3.63, 3.8) is 0 Å². The number of non-ortho nitro benzene ring substituents is 1. The average molecular weight is 291 g/mol. The molecule has 0 aromatic heterocycles. The van der Waals surface area contributed by atoms with Crippen molar-refractivity contribution < 1.29 is 14.5 Å². The lowest BCUT2D eigenvalue weighted by molar-refractivity contribution is -0.384. The van der Waals surface area contributed by atoms with Crippen molar-refractivity contribution in [2.45, 2.75) is 39.8 Å². The minimum Gasteiger partial charge on any atom is -0.306 e. The summed E-state index contributed by atoms with van der Waals surface area (Å²) < 4.78 is 0. The fourth-order valence-electron chi connectivity index (χ4n) is 2.81. The van der Waals surface area contributed by atoms with Crippen molar-refractivity contribution in [3.8, 4) is 0 Å². The van der Waals surface area contributed by atoms with Crippen LogP contribution in [0.15, 0.2) is 18.2 Å². The van der Waals surface area contributed by atoms with Crippen molar-refractivity contribution in [2.75, 3.05) is 9.80 Å². The SMILES string of the molecule is CC(=O)N1c2ccc([N+](=O)[O-])cc2N(C(C)=O)C(C)C1C. The van der Waals surface area contributed by atoms with Crippen LogP contribution in [0.5, 0.6) is 0 Å².